The molecule has 10 nitrogen and oxygen atoms in total. The Morgan fingerprint density at radius 3 is 2.26 bits per heavy atom. The largest absolute Gasteiger partial charge is 0.465 e. The number of carbonyl (C=O) groups is 4. The number of pyridine rings is 1. The van der Waals surface area contributed by atoms with E-state index in [1.807, 2.05) is 0 Å². The van der Waals surface area contributed by atoms with Gasteiger partial charge in [0.05, 0.1) is 19.3 Å². The van der Waals surface area contributed by atoms with E-state index in [-0.39, 0.29) is 33.3 Å². The first-order chi connectivity index (χ1) is 20.0. The lowest BCUT2D eigenvalue weighted by molar-refractivity contribution is -0.123. The highest BCUT2D eigenvalue weighted by Crippen LogP contribution is 2.35. The smallest absolute Gasteiger partial charge is 0.356 e. The number of hydrogen-bond acceptors (Lipinski definition) is 9. The lowest BCUT2D eigenvalue weighted by Crippen LogP contribution is -2.33. The van der Waals surface area contributed by atoms with E-state index in [0.717, 1.165) is 11.3 Å². The molecule has 1 amide bonds. The minimum absolute atomic E-state index is 0.0145. The summed E-state index contributed by atoms with van der Waals surface area (Å²) < 4.78 is 16.6. The molecule has 218 valence electrons. The summed E-state index contributed by atoms with van der Waals surface area (Å²) in [7, 11) is 2.62. The van der Waals surface area contributed by atoms with Crippen molar-refractivity contribution in [3.8, 4) is 11.1 Å². The van der Waals surface area contributed by atoms with Crippen LogP contribution >= 0.6 is 22.9 Å². The van der Waals surface area contributed by atoms with Gasteiger partial charge in [0.15, 0.2) is 6.10 Å². The highest BCUT2D eigenvalue weighted by atomic mass is 35.5. The molecule has 0 saturated heterocycles. The maximum atomic E-state index is 13.6. The third-order valence-electron chi connectivity index (χ3n) is 6.52. The zero-order valence-electron chi connectivity index (χ0n) is 23.4. The van der Waals surface area contributed by atoms with Gasteiger partial charge in [0.2, 0.25) is 0 Å². The molecular weight excluding hydrogens is 584 g/mol. The Bertz CT molecular complexity index is 1770. The van der Waals surface area contributed by atoms with E-state index in [0.29, 0.717) is 26.9 Å². The number of benzene rings is 2. The van der Waals surface area contributed by atoms with Crippen molar-refractivity contribution >= 4 is 62.5 Å². The topological polar surface area (TPSA) is 130 Å². The van der Waals surface area contributed by atoms with Crippen LogP contribution in [0, 0.1) is 6.92 Å². The Balaban J connectivity index is 1.70. The molecule has 12 heteroatoms. The van der Waals surface area contributed by atoms with Crippen LogP contribution in [0.15, 0.2) is 53.3 Å². The lowest BCUT2D eigenvalue weighted by Gasteiger charge is -2.19. The fourth-order valence-electron chi connectivity index (χ4n) is 4.44. The number of fused-ring (bicyclic) bond motifs is 1. The number of aromatic nitrogens is 1. The van der Waals surface area contributed by atoms with Crippen LogP contribution < -0.4 is 10.9 Å². The molecule has 1 unspecified atom stereocenters. The maximum absolute atomic E-state index is 13.6. The number of halogens is 1. The number of esters is 3. The van der Waals surface area contributed by atoms with Crippen LogP contribution in [0.1, 0.15) is 49.9 Å². The fraction of sp³-hybridized carbons (Fsp3) is 0.233. The van der Waals surface area contributed by atoms with E-state index >= 15 is 0 Å². The van der Waals surface area contributed by atoms with Crippen molar-refractivity contribution in [1.82, 2.24) is 4.57 Å². The number of hydrogen-bond donors (Lipinski definition) is 1. The molecule has 0 spiro atoms. The first-order valence-electron chi connectivity index (χ1n) is 12.8. The molecule has 2 aromatic heterocycles. The zero-order valence-corrected chi connectivity index (χ0v) is 25.0. The first-order valence-corrected chi connectivity index (χ1v) is 14.0. The molecule has 2 aromatic carbocycles. The molecule has 0 fully saturated rings. The number of methoxy groups -OCH3 is 1. The molecule has 0 saturated carbocycles. The molecule has 2 heterocycles. The number of rotatable bonds is 8. The van der Waals surface area contributed by atoms with Gasteiger partial charge in [0.1, 0.15) is 15.6 Å². The van der Waals surface area contributed by atoms with Gasteiger partial charge >= 0.3 is 17.9 Å². The van der Waals surface area contributed by atoms with Crippen LogP contribution in [0.5, 0.6) is 0 Å². The summed E-state index contributed by atoms with van der Waals surface area (Å²) in [6, 6.07) is 13.6. The second-order valence-corrected chi connectivity index (χ2v) is 10.6. The molecule has 0 radical (unpaired) electrons. The number of ether oxygens (including phenoxy) is 3. The van der Waals surface area contributed by atoms with E-state index < -0.39 is 35.5 Å². The van der Waals surface area contributed by atoms with E-state index in [9.17, 15) is 24.0 Å². The molecule has 0 aliphatic heterocycles. The standard InChI is InChI=1S/C30H27ClN2O8S/c1-6-40-30(38)24-15(2)21(28(36)39-5)26(42-24)32-25(34)16(3)41-29(37)23-22(17-11-13-18(31)14-12-17)19-9-7-8-10-20(19)27(35)33(23)4/h7-14,16H,6H2,1-5H3,(H,32,34). The number of carbonyl (C=O) groups excluding carboxylic acids is 4. The van der Waals surface area contributed by atoms with Crippen LogP contribution in [0.3, 0.4) is 0 Å². The number of thiophene rings is 1. The predicted molar refractivity (Wildman–Crippen MR) is 159 cm³/mol. The number of nitrogens with zero attached hydrogens (tertiary/aromatic N) is 1. The number of nitrogens with one attached hydrogen (secondary N) is 1. The van der Waals surface area contributed by atoms with Gasteiger partial charge < -0.3 is 24.1 Å². The van der Waals surface area contributed by atoms with Crippen molar-refractivity contribution in [1.29, 1.82) is 0 Å². The average molecular weight is 611 g/mol. The maximum Gasteiger partial charge on any atom is 0.356 e. The van der Waals surface area contributed by atoms with Gasteiger partial charge in [-0.05, 0) is 55.5 Å². The second kappa shape index (κ2) is 12.6. The Labute approximate surface area is 249 Å². The van der Waals surface area contributed by atoms with E-state index in [4.69, 9.17) is 25.8 Å². The van der Waals surface area contributed by atoms with Gasteiger partial charge in [0, 0.05) is 23.0 Å². The summed E-state index contributed by atoms with van der Waals surface area (Å²) in [6.07, 6.45) is -1.36. The van der Waals surface area contributed by atoms with Crippen molar-refractivity contribution in [2.75, 3.05) is 19.0 Å². The highest BCUT2D eigenvalue weighted by molar-refractivity contribution is 7.18. The second-order valence-electron chi connectivity index (χ2n) is 9.15. The normalized spacial score (nSPS) is 11.6. The van der Waals surface area contributed by atoms with Gasteiger partial charge in [0.25, 0.3) is 11.5 Å². The van der Waals surface area contributed by atoms with Crippen LogP contribution in [0.25, 0.3) is 21.9 Å². The third kappa shape index (κ3) is 5.79. The predicted octanol–water partition coefficient (Wildman–Crippen LogP) is 5.38. The van der Waals surface area contributed by atoms with Crippen molar-refractivity contribution in [3.05, 3.63) is 85.6 Å². The molecule has 0 aliphatic rings. The van der Waals surface area contributed by atoms with Gasteiger partial charge in [-0.3, -0.25) is 9.59 Å². The molecule has 42 heavy (non-hydrogen) atoms. The van der Waals surface area contributed by atoms with E-state index in [1.165, 1.54) is 32.6 Å². The van der Waals surface area contributed by atoms with Gasteiger partial charge in [-0.1, -0.05) is 41.9 Å². The number of amides is 1. The Hall–Kier alpha value is -4.48. The summed E-state index contributed by atoms with van der Waals surface area (Å²) >= 11 is 6.93. The van der Waals surface area contributed by atoms with Gasteiger partial charge in [-0.25, -0.2) is 14.4 Å². The van der Waals surface area contributed by atoms with E-state index in [1.54, 1.807) is 55.5 Å². The average Bonchev–Trinajstić information content (AvgIpc) is 3.30. The van der Waals surface area contributed by atoms with Crippen molar-refractivity contribution < 1.29 is 33.4 Å². The molecule has 0 bridgehead atoms. The first kappa shape index (κ1) is 30.5. The van der Waals surface area contributed by atoms with Crippen LogP contribution in [0.2, 0.25) is 5.02 Å². The van der Waals surface area contributed by atoms with Crippen LogP contribution in [-0.2, 0) is 26.1 Å². The molecule has 0 aliphatic carbocycles. The third-order valence-corrected chi connectivity index (χ3v) is 7.96. The molecule has 4 aromatic rings. The molecule has 4 rings (SSSR count). The molecule has 1 N–H and O–H groups in total. The SMILES string of the molecule is CCOC(=O)c1sc(NC(=O)C(C)OC(=O)c2c(-c3ccc(Cl)cc3)c3ccccc3c(=O)n2C)c(C(=O)OC)c1C. The number of anilines is 1. The molecular formula is C30H27ClN2O8S. The summed E-state index contributed by atoms with van der Waals surface area (Å²) in [6.45, 7) is 4.64. The van der Waals surface area contributed by atoms with Crippen LogP contribution in [-0.4, -0.2) is 48.2 Å². The van der Waals surface area contributed by atoms with E-state index in [2.05, 4.69) is 5.32 Å². The van der Waals surface area contributed by atoms with Crippen molar-refractivity contribution in [2.24, 2.45) is 7.05 Å². The van der Waals surface area contributed by atoms with Crippen molar-refractivity contribution in [2.45, 2.75) is 26.9 Å². The zero-order chi connectivity index (χ0) is 30.7. The summed E-state index contributed by atoms with van der Waals surface area (Å²) in [4.78, 5) is 65.0. The monoisotopic (exact) mass is 610 g/mol. The quantitative estimate of drug-likeness (QED) is 0.208. The Morgan fingerprint density at radius 1 is 1.00 bits per heavy atom. The lowest BCUT2D eigenvalue weighted by atomic mass is 9.96. The Morgan fingerprint density at radius 2 is 1.64 bits per heavy atom. The van der Waals surface area contributed by atoms with Gasteiger partial charge in [-0.2, -0.15) is 0 Å². The minimum atomic E-state index is -1.36. The molecule has 1 atom stereocenters. The summed E-state index contributed by atoms with van der Waals surface area (Å²) in [5.74, 6) is -3.12. The summed E-state index contributed by atoms with van der Waals surface area (Å²) in [5.41, 5.74) is 0.827. The highest BCUT2D eigenvalue weighted by Gasteiger charge is 2.30. The fourth-order valence-corrected chi connectivity index (χ4v) is 5.65. The van der Waals surface area contributed by atoms with Crippen LogP contribution in [0.4, 0.5) is 5.00 Å². The summed E-state index contributed by atoms with van der Waals surface area (Å²) in [5, 5.41) is 4.01. The van der Waals surface area contributed by atoms with Gasteiger partial charge in [-0.15, -0.1) is 11.3 Å². The van der Waals surface area contributed by atoms with Crippen molar-refractivity contribution in [3.63, 3.8) is 0 Å². The Kier molecular flexibility index (Phi) is 9.13. The minimum Gasteiger partial charge on any atom is -0.465 e.